The second kappa shape index (κ2) is 18.2. The summed E-state index contributed by atoms with van der Waals surface area (Å²) in [5, 5.41) is 12.3. The number of carbonyl (C=O) groups is 2. The number of thiazole rings is 1. The summed E-state index contributed by atoms with van der Waals surface area (Å²) in [4.78, 5) is 22.5. The van der Waals surface area contributed by atoms with E-state index in [9.17, 15) is 0 Å². The van der Waals surface area contributed by atoms with Gasteiger partial charge in [0.1, 0.15) is 0 Å². The summed E-state index contributed by atoms with van der Waals surface area (Å²) in [5.74, 6) is 5.53. The Bertz CT molecular complexity index is 1400. The quantitative estimate of drug-likeness (QED) is 0.129. The predicted molar refractivity (Wildman–Crippen MR) is 176 cm³/mol. The molecule has 0 atom stereocenters. The number of hydrogen-bond donors (Lipinski definition) is 3. The second-order valence-electron chi connectivity index (χ2n) is 8.66. The van der Waals surface area contributed by atoms with Gasteiger partial charge in [-0.2, -0.15) is 0 Å². The van der Waals surface area contributed by atoms with E-state index in [1.807, 2.05) is 55.1 Å². The molecule has 4 rings (SSSR count). The van der Waals surface area contributed by atoms with Crippen LogP contribution in [0.15, 0.2) is 72.1 Å². The molecule has 6 nitrogen and oxygen atoms in total. The van der Waals surface area contributed by atoms with Crippen molar-refractivity contribution in [2.75, 3.05) is 13.6 Å². The van der Waals surface area contributed by atoms with Crippen LogP contribution in [0.4, 0.5) is 0 Å². The monoisotopic (exact) mass is 603 g/mol. The van der Waals surface area contributed by atoms with Crippen molar-refractivity contribution in [2.24, 2.45) is 5.73 Å². The van der Waals surface area contributed by atoms with Crippen LogP contribution < -0.4 is 16.4 Å². The Hall–Kier alpha value is -3.26. The summed E-state index contributed by atoms with van der Waals surface area (Å²) in [5.41, 5.74) is 10.1. The van der Waals surface area contributed by atoms with Crippen LogP contribution >= 0.6 is 34.7 Å². The molecule has 0 unspecified atom stereocenters. The number of halogens is 1. The van der Waals surface area contributed by atoms with Crippen LogP contribution in [0.1, 0.15) is 47.0 Å². The number of hydrogen-bond acceptors (Lipinski definition) is 8. The summed E-state index contributed by atoms with van der Waals surface area (Å²) >= 11 is 9.57. The van der Waals surface area contributed by atoms with Crippen LogP contribution in [-0.4, -0.2) is 44.2 Å². The van der Waals surface area contributed by atoms with Crippen molar-refractivity contribution in [1.29, 1.82) is 0 Å². The molecule has 1 saturated carbocycles. The van der Waals surface area contributed by atoms with Crippen molar-refractivity contribution in [2.45, 2.75) is 31.8 Å². The number of benzene rings is 2. The van der Waals surface area contributed by atoms with Crippen molar-refractivity contribution in [1.82, 2.24) is 15.6 Å². The molecule has 1 radical (unpaired) electrons. The van der Waals surface area contributed by atoms with Crippen molar-refractivity contribution in [3.05, 3.63) is 104 Å². The average Bonchev–Trinajstić information content (AvgIpc) is 3.57. The number of allylic oxidation sites excluding steroid dienone is 1. The number of thioether (sulfide) groups is 1. The maximum absolute atomic E-state index is 8.81. The average molecular weight is 604 g/mol. The van der Waals surface area contributed by atoms with Crippen LogP contribution in [0.25, 0.3) is 4.91 Å². The van der Waals surface area contributed by atoms with Gasteiger partial charge in [0.15, 0.2) is 17.6 Å². The number of nitrogens with zero attached hydrogens (tertiary/aromatic N) is 1. The fraction of sp³-hybridized carbons (Fsp3) is 0.226. The summed E-state index contributed by atoms with van der Waals surface area (Å²) in [7, 11) is 8.44. The SMILES string of the molecule is NCC#Cc1nccs1.O=CC=O.[B]=C(NC1(c2cc(Cl)cc(C(=C)S/C=C\C)c2)CC1)c1ccccc1CNC. The molecule has 1 fully saturated rings. The summed E-state index contributed by atoms with van der Waals surface area (Å²) in [6.45, 7) is 7.36. The van der Waals surface area contributed by atoms with Crippen LogP contribution in [0.2, 0.25) is 5.02 Å². The van der Waals surface area contributed by atoms with E-state index in [1.165, 1.54) is 16.9 Å². The first-order valence-electron chi connectivity index (χ1n) is 12.7. The van der Waals surface area contributed by atoms with Crippen molar-refractivity contribution in [3.63, 3.8) is 0 Å². The molecule has 0 amide bonds. The summed E-state index contributed by atoms with van der Waals surface area (Å²) < 4.78 is 0. The number of nitrogens with two attached hydrogens (primary N) is 1. The Morgan fingerprint density at radius 3 is 2.59 bits per heavy atom. The molecular formula is C31H33BClN4O2S2. The summed E-state index contributed by atoms with van der Waals surface area (Å²) in [6, 6.07) is 14.4. The molecule has 41 heavy (non-hydrogen) atoms. The predicted octanol–water partition coefficient (Wildman–Crippen LogP) is 5.06. The van der Waals surface area contributed by atoms with E-state index < -0.39 is 0 Å². The zero-order valence-corrected chi connectivity index (χ0v) is 25.5. The first kappa shape index (κ1) is 33.9. The molecule has 1 aliphatic carbocycles. The molecule has 0 saturated heterocycles. The molecule has 1 aromatic heterocycles. The van der Waals surface area contributed by atoms with Gasteiger partial charge in [-0.25, -0.2) is 4.98 Å². The van der Waals surface area contributed by atoms with Gasteiger partial charge >= 0.3 is 179 Å². The number of rotatable bonds is 10. The Balaban J connectivity index is 0.000000374. The van der Waals surface area contributed by atoms with E-state index in [1.54, 1.807) is 18.0 Å². The van der Waals surface area contributed by atoms with Gasteiger partial charge in [0, 0.05) is 11.6 Å². The third-order valence-corrected chi connectivity index (χ3v) is 7.54. The maximum atomic E-state index is 8.81. The van der Waals surface area contributed by atoms with Crippen LogP contribution in [0.3, 0.4) is 0 Å². The first-order valence-corrected chi connectivity index (χ1v) is 14.9. The second-order valence-corrected chi connectivity index (χ2v) is 11.0. The molecule has 0 spiro atoms. The Kier molecular flexibility index (Phi) is 15.1. The number of aldehydes is 2. The van der Waals surface area contributed by atoms with Crippen LogP contribution in [0, 0.1) is 11.8 Å². The van der Waals surface area contributed by atoms with E-state index in [0.29, 0.717) is 12.1 Å². The van der Waals surface area contributed by atoms with E-state index in [-0.39, 0.29) is 18.1 Å². The molecule has 1 aliphatic rings. The van der Waals surface area contributed by atoms with Crippen molar-refractivity contribution >= 4 is 65.3 Å². The van der Waals surface area contributed by atoms with Crippen LogP contribution in [-0.2, 0) is 21.7 Å². The van der Waals surface area contributed by atoms with E-state index in [4.69, 9.17) is 34.4 Å². The zero-order valence-electron chi connectivity index (χ0n) is 23.2. The first-order chi connectivity index (χ1) is 19.8. The molecule has 4 N–H and O–H groups in total. The standard InChI is InChI=1S/C23H25BClN2S.C6H6N2S.C2H2O2/c1-4-11-28-16(2)18-12-19(14-20(25)13-18)23(9-10-23)27-22(24)21-8-6-5-7-17(21)15-26-3;7-3-1-2-6-8-4-5-9-6;3-1-2-4/h4-8,11-14,26-27H,2,9-10,15H2,1,3H3;4-5H,3,7H2;1-2H/b11-4-;;. The summed E-state index contributed by atoms with van der Waals surface area (Å²) in [6.07, 6.45) is 6.17. The van der Waals surface area contributed by atoms with Gasteiger partial charge in [0.05, 0.1) is 6.54 Å². The fourth-order valence-electron chi connectivity index (χ4n) is 3.72. The third-order valence-electron chi connectivity index (χ3n) is 5.70. The molecule has 10 heteroatoms. The van der Waals surface area contributed by atoms with Gasteiger partial charge < -0.3 is 5.73 Å². The van der Waals surface area contributed by atoms with Crippen molar-refractivity contribution < 1.29 is 9.59 Å². The molecule has 2 aromatic carbocycles. The third kappa shape index (κ3) is 11.3. The molecule has 1 heterocycles. The van der Waals surface area contributed by atoms with Gasteiger partial charge in [-0.05, 0) is 5.92 Å². The Morgan fingerprint density at radius 1 is 1.27 bits per heavy atom. The normalized spacial score (nSPS) is 12.4. The van der Waals surface area contributed by atoms with Crippen molar-refractivity contribution in [3.8, 4) is 11.8 Å². The Morgan fingerprint density at radius 2 is 2.00 bits per heavy atom. The fourth-order valence-corrected chi connectivity index (χ4v) is 5.01. The topological polar surface area (TPSA) is 97.1 Å². The van der Waals surface area contributed by atoms with Gasteiger partial charge in [-0.3, -0.25) is 9.59 Å². The van der Waals surface area contributed by atoms with Gasteiger partial charge in [-0.1, -0.05) is 5.92 Å². The zero-order chi connectivity index (χ0) is 30.1. The molecule has 0 bridgehead atoms. The Labute approximate surface area is 256 Å². The van der Waals surface area contributed by atoms with E-state index in [0.717, 1.165) is 51.0 Å². The molecule has 0 aliphatic heterocycles. The molecule has 3 aromatic rings. The number of nitrogens with one attached hydrogen (secondary N) is 2. The van der Waals surface area contributed by atoms with Gasteiger partial charge in [0.25, 0.3) is 0 Å². The molecular weight excluding hydrogens is 571 g/mol. The number of aromatic nitrogens is 1. The van der Waals surface area contributed by atoms with Gasteiger partial charge in [-0.15, -0.1) is 11.3 Å². The van der Waals surface area contributed by atoms with Crippen LogP contribution in [0.5, 0.6) is 0 Å². The van der Waals surface area contributed by atoms with E-state index >= 15 is 0 Å². The minimum atomic E-state index is -0.165. The minimum absolute atomic E-state index is 0.165. The van der Waals surface area contributed by atoms with E-state index in [2.05, 4.69) is 52.2 Å². The molecule has 211 valence electrons. The van der Waals surface area contributed by atoms with Gasteiger partial charge in [0.2, 0.25) is 0 Å². The number of carbonyl (C=O) groups excluding carboxylic acids is 2.